The van der Waals surface area contributed by atoms with Crippen LogP contribution in [0.1, 0.15) is 32.6 Å². The molecule has 1 fully saturated rings. The van der Waals surface area contributed by atoms with E-state index in [1.807, 2.05) is 0 Å². The number of urea groups is 1. The summed E-state index contributed by atoms with van der Waals surface area (Å²) in [4.78, 5) is 22.6. The quantitative estimate of drug-likeness (QED) is 0.599. The fourth-order valence-electron chi connectivity index (χ4n) is 1.90. The average molecular weight is 306 g/mol. The Kier molecular flexibility index (Phi) is 5.38. The number of sulfone groups is 1. The lowest BCUT2D eigenvalue weighted by Crippen LogP contribution is -2.47. The van der Waals surface area contributed by atoms with Gasteiger partial charge in [-0.3, -0.25) is 0 Å². The average Bonchev–Trinajstić information content (AvgIpc) is 3.11. The maximum atomic E-state index is 11.6. The van der Waals surface area contributed by atoms with E-state index in [4.69, 9.17) is 5.11 Å². The van der Waals surface area contributed by atoms with E-state index in [0.717, 1.165) is 25.5 Å². The minimum absolute atomic E-state index is 0.138. The van der Waals surface area contributed by atoms with Crippen LogP contribution in [0.5, 0.6) is 0 Å². The van der Waals surface area contributed by atoms with E-state index in [2.05, 4.69) is 17.6 Å². The first-order valence-electron chi connectivity index (χ1n) is 6.62. The molecule has 0 aromatic heterocycles. The second kappa shape index (κ2) is 6.43. The van der Waals surface area contributed by atoms with Crippen molar-refractivity contribution in [3.8, 4) is 0 Å². The number of carboxylic acids is 1. The lowest BCUT2D eigenvalue weighted by molar-refractivity contribution is -0.139. The zero-order chi connectivity index (χ0) is 15.4. The first-order valence-corrected chi connectivity index (χ1v) is 8.68. The van der Waals surface area contributed by atoms with Gasteiger partial charge in [-0.25, -0.2) is 18.0 Å². The van der Waals surface area contributed by atoms with Gasteiger partial charge in [0, 0.05) is 12.8 Å². The Balaban J connectivity index is 2.40. The SMILES string of the molecule is CCC1(CNC(=O)NC(CCS(C)(=O)=O)C(=O)O)CC1. The molecule has 0 saturated heterocycles. The maximum absolute atomic E-state index is 11.6. The van der Waals surface area contributed by atoms with Crippen LogP contribution in [-0.4, -0.2) is 50.1 Å². The van der Waals surface area contributed by atoms with Crippen LogP contribution in [0.3, 0.4) is 0 Å². The van der Waals surface area contributed by atoms with Gasteiger partial charge >= 0.3 is 12.0 Å². The molecule has 0 bridgehead atoms. The van der Waals surface area contributed by atoms with Gasteiger partial charge in [-0.1, -0.05) is 6.92 Å². The van der Waals surface area contributed by atoms with E-state index >= 15 is 0 Å². The molecule has 3 N–H and O–H groups in total. The zero-order valence-electron chi connectivity index (χ0n) is 11.8. The molecule has 0 aliphatic heterocycles. The van der Waals surface area contributed by atoms with E-state index in [9.17, 15) is 18.0 Å². The summed E-state index contributed by atoms with van der Waals surface area (Å²) in [5, 5.41) is 13.9. The Bertz CT molecular complexity index is 470. The Hall–Kier alpha value is -1.31. The number of carbonyl (C=O) groups excluding carboxylic acids is 1. The highest BCUT2D eigenvalue weighted by atomic mass is 32.2. The van der Waals surface area contributed by atoms with Crippen molar-refractivity contribution < 1.29 is 23.1 Å². The molecular weight excluding hydrogens is 284 g/mol. The summed E-state index contributed by atoms with van der Waals surface area (Å²) in [6.07, 6.45) is 4.01. The smallest absolute Gasteiger partial charge is 0.326 e. The van der Waals surface area contributed by atoms with Crippen molar-refractivity contribution in [2.45, 2.75) is 38.6 Å². The van der Waals surface area contributed by atoms with Gasteiger partial charge in [-0.2, -0.15) is 0 Å². The van der Waals surface area contributed by atoms with Gasteiger partial charge < -0.3 is 15.7 Å². The molecular formula is C12H22N2O5S. The van der Waals surface area contributed by atoms with Crippen molar-refractivity contribution in [3.63, 3.8) is 0 Å². The largest absolute Gasteiger partial charge is 0.480 e. The number of aliphatic carboxylic acids is 1. The van der Waals surface area contributed by atoms with Crippen molar-refractivity contribution >= 4 is 21.8 Å². The van der Waals surface area contributed by atoms with Gasteiger partial charge in [0.05, 0.1) is 5.75 Å². The van der Waals surface area contributed by atoms with Gasteiger partial charge in [0.25, 0.3) is 0 Å². The third-order valence-corrected chi connectivity index (χ3v) is 4.69. The van der Waals surface area contributed by atoms with Crippen LogP contribution < -0.4 is 10.6 Å². The lowest BCUT2D eigenvalue weighted by atomic mass is 10.0. The number of rotatable bonds is 8. The van der Waals surface area contributed by atoms with Crippen LogP contribution in [0.25, 0.3) is 0 Å². The Morgan fingerprint density at radius 3 is 2.35 bits per heavy atom. The monoisotopic (exact) mass is 306 g/mol. The summed E-state index contributed by atoms with van der Waals surface area (Å²) in [5.74, 6) is -1.51. The van der Waals surface area contributed by atoms with Gasteiger partial charge in [-0.05, 0) is 31.1 Å². The number of carboxylic acid groups (broad SMARTS) is 1. The van der Waals surface area contributed by atoms with Gasteiger partial charge in [0.15, 0.2) is 0 Å². The fraction of sp³-hybridized carbons (Fsp3) is 0.833. The van der Waals surface area contributed by atoms with E-state index < -0.39 is 27.9 Å². The molecule has 116 valence electrons. The summed E-state index contributed by atoms with van der Waals surface area (Å²) < 4.78 is 22.1. The third kappa shape index (κ3) is 5.77. The molecule has 1 saturated carbocycles. The van der Waals surface area contributed by atoms with E-state index in [1.54, 1.807) is 0 Å². The first kappa shape index (κ1) is 16.7. The first-order chi connectivity index (χ1) is 9.17. The summed E-state index contributed by atoms with van der Waals surface area (Å²) in [7, 11) is -3.25. The van der Waals surface area contributed by atoms with Crippen molar-refractivity contribution in [3.05, 3.63) is 0 Å². The van der Waals surface area contributed by atoms with Crippen LogP contribution in [0.4, 0.5) is 4.79 Å². The molecule has 0 aromatic rings. The summed E-state index contributed by atoms with van der Waals surface area (Å²) in [6, 6.07) is -1.76. The molecule has 20 heavy (non-hydrogen) atoms. The minimum Gasteiger partial charge on any atom is -0.480 e. The van der Waals surface area contributed by atoms with Crippen LogP contribution in [0.15, 0.2) is 0 Å². The molecule has 0 radical (unpaired) electrons. The molecule has 8 heteroatoms. The predicted octanol–water partition coefficient (Wildman–Crippen LogP) is 0.364. The van der Waals surface area contributed by atoms with Crippen molar-refractivity contribution in [2.75, 3.05) is 18.6 Å². The lowest BCUT2D eigenvalue weighted by Gasteiger charge is -2.17. The van der Waals surface area contributed by atoms with Crippen LogP contribution in [-0.2, 0) is 14.6 Å². The number of hydrogen-bond donors (Lipinski definition) is 3. The van der Waals surface area contributed by atoms with Crippen LogP contribution in [0.2, 0.25) is 0 Å². The van der Waals surface area contributed by atoms with Crippen LogP contribution in [0, 0.1) is 5.41 Å². The molecule has 1 aliphatic carbocycles. The number of amides is 2. The van der Waals surface area contributed by atoms with Crippen molar-refractivity contribution in [2.24, 2.45) is 5.41 Å². The van der Waals surface area contributed by atoms with Gasteiger partial charge in [-0.15, -0.1) is 0 Å². The fourth-order valence-corrected chi connectivity index (χ4v) is 2.56. The van der Waals surface area contributed by atoms with E-state index in [1.165, 1.54) is 0 Å². The number of carbonyl (C=O) groups is 2. The standard InChI is InChI=1S/C12H22N2O5S/c1-3-12(5-6-12)8-13-11(17)14-9(10(15)16)4-7-20(2,18)19/h9H,3-8H2,1-2H3,(H,15,16)(H2,13,14,17). The highest BCUT2D eigenvalue weighted by Crippen LogP contribution is 2.47. The van der Waals surface area contributed by atoms with Crippen molar-refractivity contribution in [1.29, 1.82) is 0 Å². The molecule has 0 aromatic carbocycles. The van der Waals surface area contributed by atoms with E-state index in [-0.39, 0.29) is 17.6 Å². The molecule has 0 spiro atoms. The zero-order valence-corrected chi connectivity index (χ0v) is 12.6. The summed E-state index contributed by atoms with van der Waals surface area (Å²) in [6.45, 7) is 2.58. The second-order valence-electron chi connectivity index (χ2n) is 5.49. The molecule has 7 nitrogen and oxygen atoms in total. The Morgan fingerprint density at radius 1 is 1.35 bits per heavy atom. The molecule has 1 unspecified atom stereocenters. The highest BCUT2D eigenvalue weighted by molar-refractivity contribution is 7.90. The van der Waals surface area contributed by atoms with Gasteiger partial charge in [0.1, 0.15) is 15.9 Å². The Morgan fingerprint density at radius 2 is 1.95 bits per heavy atom. The minimum atomic E-state index is -3.25. The normalized spacial score (nSPS) is 18.1. The highest BCUT2D eigenvalue weighted by Gasteiger charge is 2.40. The molecule has 1 aliphatic rings. The summed E-state index contributed by atoms with van der Waals surface area (Å²) >= 11 is 0. The topological polar surface area (TPSA) is 113 Å². The maximum Gasteiger partial charge on any atom is 0.326 e. The molecule has 2 amide bonds. The van der Waals surface area contributed by atoms with E-state index in [0.29, 0.717) is 6.54 Å². The van der Waals surface area contributed by atoms with Gasteiger partial charge in [0.2, 0.25) is 0 Å². The van der Waals surface area contributed by atoms with Crippen molar-refractivity contribution in [1.82, 2.24) is 10.6 Å². The summed E-state index contributed by atoms with van der Waals surface area (Å²) in [5.41, 5.74) is 0.169. The van der Waals surface area contributed by atoms with Crippen LogP contribution >= 0.6 is 0 Å². The number of hydrogen-bond acceptors (Lipinski definition) is 4. The molecule has 1 atom stereocenters. The molecule has 1 rings (SSSR count). The third-order valence-electron chi connectivity index (χ3n) is 3.71. The second-order valence-corrected chi connectivity index (χ2v) is 7.75. The Labute approximate surface area is 119 Å². The molecule has 0 heterocycles. The number of nitrogens with one attached hydrogen (secondary N) is 2. The predicted molar refractivity (Wildman–Crippen MR) is 74.2 cm³/mol.